The van der Waals surface area contributed by atoms with E-state index in [0.717, 1.165) is 40.8 Å². The number of pyridine rings is 1. The Balaban J connectivity index is 1.34. The van der Waals surface area contributed by atoms with Gasteiger partial charge in [-0.2, -0.15) is 4.98 Å². The van der Waals surface area contributed by atoms with E-state index in [-0.39, 0.29) is 5.95 Å². The van der Waals surface area contributed by atoms with Crippen LogP contribution in [0.5, 0.6) is 11.5 Å². The molecule has 3 N–H and O–H groups in total. The quantitative estimate of drug-likeness (QED) is 0.402. The second-order valence-corrected chi connectivity index (χ2v) is 8.15. The van der Waals surface area contributed by atoms with Crippen molar-refractivity contribution in [1.82, 2.24) is 15.0 Å². The largest absolute Gasteiger partial charge is 0.457 e. The van der Waals surface area contributed by atoms with Crippen molar-refractivity contribution >= 4 is 23.3 Å². The maximum atomic E-state index is 6.14. The highest BCUT2D eigenvalue weighted by atomic mass is 16.5. The third-order valence-corrected chi connectivity index (χ3v) is 5.72. The summed E-state index contributed by atoms with van der Waals surface area (Å²) in [6, 6.07) is 23.9. The van der Waals surface area contributed by atoms with E-state index in [9.17, 15) is 0 Å². The monoisotopic (exact) mass is 438 g/mol. The lowest BCUT2D eigenvalue weighted by Gasteiger charge is -2.22. The summed E-state index contributed by atoms with van der Waals surface area (Å²) < 4.78 is 6.14. The Morgan fingerprint density at radius 1 is 0.970 bits per heavy atom. The van der Waals surface area contributed by atoms with E-state index in [1.807, 2.05) is 72.8 Å². The van der Waals surface area contributed by atoms with Gasteiger partial charge in [0.05, 0.1) is 5.69 Å². The normalized spacial score (nSPS) is 15.4. The minimum absolute atomic E-state index is 0.215. The number of aromatic nitrogens is 3. The molecule has 5 rings (SSSR count). The van der Waals surface area contributed by atoms with E-state index in [2.05, 4.69) is 32.1 Å². The molecule has 2 aromatic heterocycles. The standard InChI is InChI=1S/C26H26N6O/c1-18-7-6-14-32(18)25-16-22(12-13-28-25)33-21-11-5-10-20(15-21)29-24-17-23(30-26(27)31-24)19-8-3-2-4-9-19/h2-5,8-13,15-18H,6-7,14H2,1H3,(H3,27,29,30,31). The molecule has 2 aromatic carbocycles. The van der Waals surface area contributed by atoms with E-state index in [4.69, 9.17) is 10.5 Å². The summed E-state index contributed by atoms with van der Waals surface area (Å²) in [5, 5.41) is 3.31. The van der Waals surface area contributed by atoms with Gasteiger partial charge in [0.1, 0.15) is 23.1 Å². The molecule has 166 valence electrons. The Morgan fingerprint density at radius 3 is 2.64 bits per heavy atom. The number of ether oxygens (including phenoxy) is 1. The summed E-state index contributed by atoms with van der Waals surface area (Å²) in [6.07, 6.45) is 4.19. The predicted molar refractivity (Wildman–Crippen MR) is 132 cm³/mol. The Morgan fingerprint density at radius 2 is 1.82 bits per heavy atom. The van der Waals surface area contributed by atoms with Gasteiger partial charge in [0.15, 0.2) is 0 Å². The van der Waals surface area contributed by atoms with E-state index in [1.54, 1.807) is 6.20 Å². The summed E-state index contributed by atoms with van der Waals surface area (Å²) in [4.78, 5) is 15.6. The zero-order valence-electron chi connectivity index (χ0n) is 18.5. The molecule has 0 saturated carbocycles. The van der Waals surface area contributed by atoms with Crippen LogP contribution >= 0.6 is 0 Å². The fraction of sp³-hybridized carbons (Fsp3) is 0.192. The average Bonchev–Trinajstić information content (AvgIpc) is 3.26. The third kappa shape index (κ3) is 4.87. The highest BCUT2D eigenvalue weighted by Crippen LogP contribution is 2.30. The van der Waals surface area contributed by atoms with Crippen molar-refractivity contribution in [2.45, 2.75) is 25.8 Å². The van der Waals surface area contributed by atoms with Gasteiger partial charge in [-0.25, -0.2) is 9.97 Å². The number of nitrogen functional groups attached to an aromatic ring is 1. The maximum absolute atomic E-state index is 6.14. The van der Waals surface area contributed by atoms with Gasteiger partial charge in [-0.1, -0.05) is 36.4 Å². The maximum Gasteiger partial charge on any atom is 0.222 e. The van der Waals surface area contributed by atoms with Crippen molar-refractivity contribution in [1.29, 1.82) is 0 Å². The van der Waals surface area contributed by atoms with Crippen LogP contribution in [0.4, 0.5) is 23.3 Å². The molecule has 1 atom stereocenters. The molecule has 7 nitrogen and oxygen atoms in total. The van der Waals surface area contributed by atoms with Crippen molar-refractivity contribution in [3.05, 3.63) is 79.0 Å². The van der Waals surface area contributed by atoms with Gasteiger partial charge in [0.2, 0.25) is 5.95 Å². The van der Waals surface area contributed by atoms with Crippen LogP contribution in [-0.2, 0) is 0 Å². The minimum atomic E-state index is 0.215. The van der Waals surface area contributed by atoms with Gasteiger partial charge in [-0.05, 0) is 38.0 Å². The molecule has 0 bridgehead atoms. The molecule has 1 unspecified atom stereocenters. The number of benzene rings is 2. The van der Waals surface area contributed by atoms with Crippen LogP contribution in [0.15, 0.2) is 79.0 Å². The first-order valence-electron chi connectivity index (χ1n) is 11.1. The number of hydrogen-bond donors (Lipinski definition) is 2. The predicted octanol–water partition coefficient (Wildman–Crippen LogP) is 5.65. The van der Waals surface area contributed by atoms with Gasteiger partial charge in [-0.3, -0.25) is 0 Å². The van der Waals surface area contributed by atoms with E-state index in [1.165, 1.54) is 12.8 Å². The Bertz CT molecular complexity index is 1250. The SMILES string of the molecule is CC1CCCN1c1cc(Oc2cccc(Nc3cc(-c4ccccc4)nc(N)n3)c2)ccn1. The molecule has 7 heteroatoms. The summed E-state index contributed by atoms with van der Waals surface area (Å²) in [5.74, 6) is 3.27. The van der Waals surface area contributed by atoms with Gasteiger partial charge < -0.3 is 20.7 Å². The fourth-order valence-electron chi connectivity index (χ4n) is 4.10. The zero-order chi connectivity index (χ0) is 22.6. The average molecular weight is 439 g/mol. The molecule has 33 heavy (non-hydrogen) atoms. The molecular weight excluding hydrogens is 412 g/mol. The lowest BCUT2D eigenvalue weighted by molar-refractivity contribution is 0.482. The first-order valence-corrected chi connectivity index (χ1v) is 11.1. The Kier molecular flexibility index (Phi) is 5.76. The topological polar surface area (TPSA) is 89.2 Å². The van der Waals surface area contributed by atoms with Crippen molar-refractivity contribution in [3.8, 4) is 22.8 Å². The fourth-order valence-corrected chi connectivity index (χ4v) is 4.10. The molecule has 1 saturated heterocycles. The van der Waals surface area contributed by atoms with Crippen molar-refractivity contribution < 1.29 is 4.74 Å². The number of nitrogens with one attached hydrogen (secondary N) is 1. The van der Waals surface area contributed by atoms with Crippen molar-refractivity contribution in [2.75, 3.05) is 22.5 Å². The van der Waals surface area contributed by atoms with E-state index >= 15 is 0 Å². The van der Waals surface area contributed by atoms with Crippen LogP contribution in [0.3, 0.4) is 0 Å². The Labute approximate surface area is 193 Å². The van der Waals surface area contributed by atoms with Gasteiger partial charge in [0.25, 0.3) is 0 Å². The smallest absolute Gasteiger partial charge is 0.222 e. The molecule has 1 aliphatic heterocycles. The summed E-state index contributed by atoms with van der Waals surface area (Å²) in [5.41, 5.74) is 8.54. The molecule has 4 aromatic rings. The van der Waals surface area contributed by atoms with Gasteiger partial charge in [-0.15, -0.1) is 0 Å². The van der Waals surface area contributed by atoms with Crippen molar-refractivity contribution in [2.24, 2.45) is 0 Å². The second-order valence-electron chi connectivity index (χ2n) is 8.15. The molecule has 1 fully saturated rings. The number of rotatable bonds is 6. The molecule has 0 amide bonds. The molecule has 3 heterocycles. The number of anilines is 4. The van der Waals surface area contributed by atoms with Crippen LogP contribution in [0, 0.1) is 0 Å². The van der Waals surface area contributed by atoms with E-state index in [0.29, 0.717) is 11.9 Å². The number of nitrogens with zero attached hydrogens (tertiary/aromatic N) is 4. The first kappa shape index (κ1) is 20.8. The summed E-state index contributed by atoms with van der Waals surface area (Å²) in [7, 11) is 0. The zero-order valence-corrected chi connectivity index (χ0v) is 18.5. The van der Waals surface area contributed by atoms with Crippen LogP contribution in [-0.4, -0.2) is 27.5 Å². The first-order chi connectivity index (χ1) is 16.1. The van der Waals surface area contributed by atoms with Crippen LogP contribution in [0.25, 0.3) is 11.3 Å². The van der Waals surface area contributed by atoms with Gasteiger partial charge in [0, 0.05) is 48.2 Å². The number of hydrogen-bond acceptors (Lipinski definition) is 7. The molecule has 1 aliphatic rings. The minimum Gasteiger partial charge on any atom is -0.457 e. The van der Waals surface area contributed by atoms with Crippen LogP contribution < -0.4 is 20.7 Å². The lowest BCUT2D eigenvalue weighted by Crippen LogP contribution is -2.26. The highest BCUT2D eigenvalue weighted by Gasteiger charge is 2.21. The third-order valence-electron chi connectivity index (χ3n) is 5.72. The van der Waals surface area contributed by atoms with Crippen LogP contribution in [0.2, 0.25) is 0 Å². The van der Waals surface area contributed by atoms with Crippen LogP contribution in [0.1, 0.15) is 19.8 Å². The van der Waals surface area contributed by atoms with E-state index < -0.39 is 0 Å². The Hall–Kier alpha value is -4.13. The van der Waals surface area contributed by atoms with Crippen molar-refractivity contribution in [3.63, 3.8) is 0 Å². The molecule has 0 radical (unpaired) electrons. The lowest BCUT2D eigenvalue weighted by atomic mass is 10.1. The summed E-state index contributed by atoms with van der Waals surface area (Å²) in [6.45, 7) is 3.27. The van der Waals surface area contributed by atoms with Gasteiger partial charge >= 0.3 is 0 Å². The molecule has 0 aliphatic carbocycles. The second kappa shape index (κ2) is 9.16. The molecule has 0 spiro atoms. The number of nitrogens with two attached hydrogens (primary N) is 1. The summed E-state index contributed by atoms with van der Waals surface area (Å²) >= 11 is 0. The molecular formula is C26H26N6O. The highest BCUT2D eigenvalue weighted by molar-refractivity contribution is 5.67.